The van der Waals surface area contributed by atoms with Crippen molar-refractivity contribution in [2.45, 2.75) is 13.1 Å². The van der Waals surface area contributed by atoms with Crippen LogP contribution in [0.2, 0.25) is 0 Å². The highest BCUT2D eigenvalue weighted by Crippen LogP contribution is 2.16. The van der Waals surface area contributed by atoms with Crippen molar-refractivity contribution in [2.24, 2.45) is 0 Å². The summed E-state index contributed by atoms with van der Waals surface area (Å²) in [7, 11) is 3.53. The van der Waals surface area contributed by atoms with Gasteiger partial charge in [0.1, 0.15) is 11.6 Å². The molecule has 0 fully saturated rings. The first-order chi connectivity index (χ1) is 12.2. The zero-order valence-electron chi connectivity index (χ0n) is 14.5. The summed E-state index contributed by atoms with van der Waals surface area (Å²) in [5.74, 6) is 1.59. The van der Waals surface area contributed by atoms with Crippen LogP contribution in [-0.2, 0) is 17.9 Å². The Labute approximate surface area is 146 Å². The molecule has 130 valence electrons. The molecule has 0 aliphatic carbocycles. The average Bonchev–Trinajstić information content (AvgIpc) is 3.02. The first kappa shape index (κ1) is 17.0. The molecule has 3 rings (SSSR count). The third-order valence-corrected chi connectivity index (χ3v) is 3.94. The van der Waals surface area contributed by atoms with E-state index in [-0.39, 0.29) is 5.91 Å². The van der Waals surface area contributed by atoms with Gasteiger partial charge in [0.15, 0.2) is 0 Å². The minimum Gasteiger partial charge on any atom is -0.496 e. The van der Waals surface area contributed by atoms with Crippen LogP contribution < -0.4 is 10.1 Å². The maximum absolute atomic E-state index is 12.2. The van der Waals surface area contributed by atoms with Crippen LogP contribution in [0.1, 0.15) is 11.4 Å². The van der Waals surface area contributed by atoms with Crippen LogP contribution >= 0.6 is 0 Å². The van der Waals surface area contributed by atoms with Gasteiger partial charge < -0.3 is 15.0 Å². The Morgan fingerprint density at radius 3 is 2.76 bits per heavy atom. The molecule has 2 aromatic carbocycles. The van der Waals surface area contributed by atoms with Crippen molar-refractivity contribution in [3.8, 4) is 5.75 Å². The third-order valence-electron chi connectivity index (χ3n) is 3.94. The number of ether oxygens (including phenoxy) is 1. The summed E-state index contributed by atoms with van der Waals surface area (Å²) in [6.45, 7) is 1.32. The van der Waals surface area contributed by atoms with E-state index < -0.39 is 0 Å². The van der Waals surface area contributed by atoms with Gasteiger partial charge in [0, 0.05) is 12.1 Å². The predicted octanol–water partition coefficient (Wildman–Crippen LogP) is 2.32. The fourth-order valence-electron chi connectivity index (χ4n) is 2.74. The average molecular weight is 338 g/mol. The van der Waals surface area contributed by atoms with Crippen LogP contribution in [0.15, 0.2) is 48.5 Å². The molecule has 6 heteroatoms. The maximum atomic E-state index is 12.2. The van der Waals surface area contributed by atoms with E-state index in [4.69, 9.17) is 4.74 Å². The zero-order chi connectivity index (χ0) is 17.6. The third kappa shape index (κ3) is 4.36. The molecule has 0 bridgehead atoms. The topological polar surface area (TPSA) is 70.2 Å². The number of H-pyrrole nitrogens is 1. The number of hydrogen-bond donors (Lipinski definition) is 2. The molecule has 6 nitrogen and oxygen atoms in total. The Kier molecular flexibility index (Phi) is 5.30. The monoisotopic (exact) mass is 338 g/mol. The van der Waals surface area contributed by atoms with Crippen molar-refractivity contribution in [1.82, 2.24) is 20.2 Å². The van der Waals surface area contributed by atoms with Gasteiger partial charge in [-0.25, -0.2) is 4.98 Å². The van der Waals surface area contributed by atoms with Crippen LogP contribution in [0, 0.1) is 0 Å². The molecule has 1 amide bonds. The summed E-state index contributed by atoms with van der Waals surface area (Å²) in [6, 6.07) is 15.6. The van der Waals surface area contributed by atoms with Gasteiger partial charge in [0.25, 0.3) is 0 Å². The van der Waals surface area contributed by atoms with Crippen LogP contribution in [0.5, 0.6) is 5.75 Å². The molecule has 1 aromatic heterocycles. The molecule has 0 radical (unpaired) electrons. The predicted molar refractivity (Wildman–Crippen MR) is 97.3 cm³/mol. The van der Waals surface area contributed by atoms with E-state index in [0.717, 1.165) is 28.2 Å². The molecule has 0 saturated heterocycles. The van der Waals surface area contributed by atoms with E-state index in [1.807, 2.05) is 60.5 Å². The highest BCUT2D eigenvalue weighted by molar-refractivity contribution is 5.78. The summed E-state index contributed by atoms with van der Waals surface area (Å²) in [4.78, 5) is 21.9. The van der Waals surface area contributed by atoms with E-state index in [1.54, 1.807) is 7.11 Å². The molecule has 0 aliphatic rings. The Bertz CT molecular complexity index is 826. The van der Waals surface area contributed by atoms with Gasteiger partial charge in [-0.05, 0) is 25.2 Å². The van der Waals surface area contributed by atoms with Gasteiger partial charge >= 0.3 is 0 Å². The summed E-state index contributed by atoms with van der Waals surface area (Å²) in [6.07, 6.45) is 0. The van der Waals surface area contributed by atoms with Gasteiger partial charge in [0.2, 0.25) is 5.91 Å². The minimum atomic E-state index is -0.0375. The van der Waals surface area contributed by atoms with Crippen LogP contribution in [-0.4, -0.2) is 41.5 Å². The fourth-order valence-corrected chi connectivity index (χ4v) is 2.74. The lowest BCUT2D eigenvalue weighted by molar-refractivity contribution is -0.122. The van der Waals surface area contributed by atoms with E-state index in [2.05, 4.69) is 15.3 Å². The second-order valence-electron chi connectivity index (χ2n) is 5.96. The number of imidazole rings is 1. The van der Waals surface area contributed by atoms with Crippen LogP contribution in [0.3, 0.4) is 0 Å². The molecule has 0 spiro atoms. The van der Waals surface area contributed by atoms with Gasteiger partial charge in [-0.15, -0.1) is 0 Å². The summed E-state index contributed by atoms with van der Waals surface area (Å²) >= 11 is 0. The number of rotatable bonds is 7. The number of nitrogens with zero attached hydrogens (tertiary/aromatic N) is 2. The van der Waals surface area contributed by atoms with Gasteiger partial charge in [-0.3, -0.25) is 9.69 Å². The summed E-state index contributed by atoms with van der Waals surface area (Å²) in [5, 5.41) is 2.93. The van der Waals surface area contributed by atoms with Crippen molar-refractivity contribution >= 4 is 16.9 Å². The number of amides is 1. The van der Waals surface area contributed by atoms with E-state index in [9.17, 15) is 4.79 Å². The molecular weight excluding hydrogens is 316 g/mol. The zero-order valence-corrected chi connectivity index (χ0v) is 14.5. The lowest BCUT2D eigenvalue weighted by atomic mass is 10.2. The normalized spacial score (nSPS) is 11.0. The molecule has 1 heterocycles. The first-order valence-electron chi connectivity index (χ1n) is 8.16. The molecule has 3 aromatic rings. The number of fused-ring (bicyclic) bond motifs is 1. The lowest BCUT2D eigenvalue weighted by Gasteiger charge is -2.15. The Balaban J connectivity index is 1.52. The Morgan fingerprint density at radius 1 is 1.20 bits per heavy atom. The van der Waals surface area contributed by atoms with E-state index >= 15 is 0 Å². The fraction of sp³-hybridized carbons (Fsp3) is 0.263. The number of likely N-dealkylation sites (N-methyl/N-ethyl adjacent to an activating group) is 1. The van der Waals surface area contributed by atoms with Crippen molar-refractivity contribution in [3.63, 3.8) is 0 Å². The first-order valence-corrected chi connectivity index (χ1v) is 8.16. The summed E-state index contributed by atoms with van der Waals surface area (Å²) < 4.78 is 5.29. The standard InChI is InChI=1S/C19H22N4O2/c1-23(12-18-21-15-8-4-5-9-16(15)22-18)13-19(24)20-11-14-7-3-6-10-17(14)25-2/h3-10H,11-13H2,1-2H3,(H,20,24)(H,21,22). The SMILES string of the molecule is COc1ccccc1CNC(=O)CN(C)Cc1nc2ccccc2[nH]1. The Hall–Kier alpha value is -2.86. The maximum Gasteiger partial charge on any atom is 0.234 e. The highest BCUT2D eigenvalue weighted by atomic mass is 16.5. The number of hydrogen-bond acceptors (Lipinski definition) is 4. The Morgan fingerprint density at radius 2 is 1.96 bits per heavy atom. The van der Waals surface area contributed by atoms with Crippen molar-refractivity contribution in [1.29, 1.82) is 0 Å². The molecule has 0 unspecified atom stereocenters. The molecular formula is C19H22N4O2. The highest BCUT2D eigenvalue weighted by Gasteiger charge is 2.10. The van der Waals surface area contributed by atoms with Crippen molar-refractivity contribution < 1.29 is 9.53 Å². The molecule has 2 N–H and O–H groups in total. The lowest BCUT2D eigenvalue weighted by Crippen LogP contribution is -2.34. The second kappa shape index (κ2) is 7.81. The number of carbonyl (C=O) groups excluding carboxylic acids is 1. The quantitative estimate of drug-likeness (QED) is 0.694. The number of benzene rings is 2. The number of aromatic nitrogens is 2. The number of methoxy groups -OCH3 is 1. The number of nitrogens with one attached hydrogen (secondary N) is 2. The molecule has 0 atom stereocenters. The van der Waals surface area contributed by atoms with Crippen molar-refractivity contribution in [3.05, 3.63) is 59.9 Å². The molecule has 25 heavy (non-hydrogen) atoms. The van der Waals surface area contributed by atoms with Gasteiger partial charge in [-0.1, -0.05) is 30.3 Å². The number of para-hydroxylation sites is 3. The van der Waals surface area contributed by atoms with Crippen molar-refractivity contribution in [2.75, 3.05) is 20.7 Å². The number of carbonyl (C=O) groups is 1. The number of aromatic amines is 1. The smallest absolute Gasteiger partial charge is 0.234 e. The van der Waals surface area contributed by atoms with Gasteiger partial charge in [-0.2, -0.15) is 0 Å². The van der Waals surface area contributed by atoms with Crippen LogP contribution in [0.4, 0.5) is 0 Å². The molecule has 0 saturated carbocycles. The molecule has 0 aliphatic heterocycles. The minimum absolute atomic E-state index is 0.0375. The van der Waals surface area contributed by atoms with E-state index in [0.29, 0.717) is 19.6 Å². The van der Waals surface area contributed by atoms with E-state index in [1.165, 1.54) is 0 Å². The van der Waals surface area contributed by atoms with Crippen LogP contribution in [0.25, 0.3) is 11.0 Å². The largest absolute Gasteiger partial charge is 0.496 e. The summed E-state index contributed by atoms with van der Waals surface area (Å²) in [5.41, 5.74) is 2.90. The second-order valence-corrected chi connectivity index (χ2v) is 5.96. The van der Waals surface area contributed by atoms with Gasteiger partial charge in [0.05, 0.1) is 31.2 Å².